The Hall–Kier alpha value is -0.860. The number of hydrogen-bond acceptors (Lipinski definition) is 2. The smallest absolute Gasteiger partial charge is 0.0828 e. The van der Waals surface area contributed by atoms with Gasteiger partial charge in [-0.3, -0.25) is 0 Å². The highest BCUT2D eigenvalue weighted by Crippen LogP contribution is 2.22. The molecule has 1 fully saturated rings. The molecule has 2 atom stereocenters. The standard InChI is InChI=1S/C10H13NO/c11-10(6-9-7-12-9)8-4-2-1-3-5-8/h1-5,9-10H,6-7,11H2/t9?,10-/m1/s1. The van der Waals surface area contributed by atoms with Crippen LogP contribution in [-0.2, 0) is 4.74 Å². The molecule has 2 N–H and O–H groups in total. The molecule has 0 radical (unpaired) electrons. The molecular formula is C10H13NO. The van der Waals surface area contributed by atoms with Gasteiger partial charge in [0.25, 0.3) is 0 Å². The second-order valence-corrected chi connectivity index (χ2v) is 3.21. The van der Waals surface area contributed by atoms with Crippen molar-refractivity contribution in [3.8, 4) is 0 Å². The molecule has 1 saturated heterocycles. The van der Waals surface area contributed by atoms with Crippen LogP contribution in [0, 0.1) is 0 Å². The molecule has 0 amide bonds. The SMILES string of the molecule is N[C@H](CC1CO1)c1ccccc1. The summed E-state index contributed by atoms with van der Waals surface area (Å²) in [6, 6.07) is 10.3. The van der Waals surface area contributed by atoms with Crippen molar-refractivity contribution in [2.75, 3.05) is 6.61 Å². The lowest BCUT2D eigenvalue weighted by Gasteiger charge is -2.09. The van der Waals surface area contributed by atoms with E-state index in [9.17, 15) is 0 Å². The second kappa shape index (κ2) is 3.25. The zero-order valence-electron chi connectivity index (χ0n) is 6.94. The molecule has 2 nitrogen and oxygen atoms in total. The van der Waals surface area contributed by atoms with Crippen molar-refractivity contribution in [3.05, 3.63) is 35.9 Å². The van der Waals surface area contributed by atoms with Gasteiger partial charge >= 0.3 is 0 Å². The molecule has 1 unspecified atom stereocenters. The largest absolute Gasteiger partial charge is 0.373 e. The number of epoxide rings is 1. The maximum absolute atomic E-state index is 5.96. The highest BCUT2D eigenvalue weighted by Gasteiger charge is 2.25. The van der Waals surface area contributed by atoms with E-state index in [4.69, 9.17) is 10.5 Å². The van der Waals surface area contributed by atoms with Crippen LogP contribution in [0.25, 0.3) is 0 Å². The van der Waals surface area contributed by atoms with Gasteiger partial charge in [0.1, 0.15) is 0 Å². The van der Waals surface area contributed by atoms with Gasteiger partial charge in [0.2, 0.25) is 0 Å². The molecular weight excluding hydrogens is 150 g/mol. The van der Waals surface area contributed by atoms with Crippen LogP contribution in [0.3, 0.4) is 0 Å². The molecule has 0 aromatic heterocycles. The van der Waals surface area contributed by atoms with Crippen molar-refractivity contribution in [1.82, 2.24) is 0 Å². The van der Waals surface area contributed by atoms with Crippen molar-refractivity contribution < 1.29 is 4.74 Å². The Morgan fingerprint density at radius 2 is 2.08 bits per heavy atom. The molecule has 64 valence electrons. The normalized spacial score (nSPS) is 23.6. The van der Waals surface area contributed by atoms with E-state index in [1.54, 1.807) is 0 Å². The van der Waals surface area contributed by atoms with E-state index < -0.39 is 0 Å². The van der Waals surface area contributed by atoms with E-state index in [0.717, 1.165) is 13.0 Å². The summed E-state index contributed by atoms with van der Waals surface area (Å²) in [5.74, 6) is 0. The Morgan fingerprint density at radius 1 is 1.42 bits per heavy atom. The van der Waals surface area contributed by atoms with Crippen molar-refractivity contribution in [1.29, 1.82) is 0 Å². The first-order valence-corrected chi connectivity index (χ1v) is 4.28. The van der Waals surface area contributed by atoms with Gasteiger partial charge in [-0.1, -0.05) is 30.3 Å². The molecule has 0 saturated carbocycles. The molecule has 12 heavy (non-hydrogen) atoms. The summed E-state index contributed by atoms with van der Waals surface area (Å²) >= 11 is 0. The van der Waals surface area contributed by atoms with Gasteiger partial charge in [-0.25, -0.2) is 0 Å². The number of ether oxygens (including phenoxy) is 1. The highest BCUT2D eigenvalue weighted by molar-refractivity contribution is 5.18. The third-order valence-corrected chi connectivity index (χ3v) is 2.15. The van der Waals surface area contributed by atoms with E-state index in [0.29, 0.717) is 6.10 Å². The first kappa shape index (κ1) is 7.77. The molecule has 2 heteroatoms. The summed E-state index contributed by atoms with van der Waals surface area (Å²) in [5, 5.41) is 0. The molecule has 1 aliphatic heterocycles. The van der Waals surface area contributed by atoms with Crippen molar-refractivity contribution in [2.24, 2.45) is 5.73 Å². The van der Waals surface area contributed by atoms with Crippen molar-refractivity contribution >= 4 is 0 Å². The Labute approximate surface area is 72.3 Å². The third kappa shape index (κ3) is 1.84. The first-order chi connectivity index (χ1) is 5.86. The van der Waals surface area contributed by atoms with Crippen LogP contribution >= 0.6 is 0 Å². The van der Waals surface area contributed by atoms with E-state index in [1.807, 2.05) is 18.2 Å². The summed E-state index contributed by atoms with van der Waals surface area (Å²) < 4.78 is 5.12. The predicted molar refractivity (Wildman–Crippen MR) is 47.7 cm³/mol. The molecule has 0 aliphatic carbocycles. The average Bonchev–Trinajstić information content (AvgIpc) is 2.90. The maximum Gasteiger partial charge on any atom is 0.0828 e. The van der Waals surface area contributed by atoms with Gasteiger partial charge in [0.05, 0.1) is 12.7 Å². The molecule has 0 bridgehead atoms. The molecule has 1 aromatic rings. The van der Waals surface area contributed by atoms with Gasteiger partial charge < -0.3 is 10.5 Å². The lowest BCUT2D eigenvalue weighted by Crippen LogP contribution is -2.12. The predicted octanol–water partition coefficient (Wildman–Crippen LogP) is 1.48. The fraction of sp³-hybridized carbons (Fsp3) is 0.400. The summed E-state index contributed by atoms with van der Waals surface area (Å²) in [4.78, 5) is 0. The van der Waals surface area contributed by atoms with Crippen LogP contribution in [0.5, 0.6) is 0 Å². The van der Waals surface area contributed by atoms with E-state index in [2.05, 4.69) is 12.1 Å². The number of nitrogens with two attached hydrogens (primary N) is 1. The minimum atomic E-state index is 0.138. The van der Waals surface area contributed by atoms with Crippen LogP contribution in [0.1, 0.15) is 18.0 Å². The Morgan fingerprint density at radius 3 is 2.67 bits per heavy atom. The number of hydrogen-bond donors (Lipinski definition) is 1. The van der Waals surface area contributed by atoms with Gasteiger partial charge in [-0.2, -0.15) is 0 Å². The zero-order chi connectivity index (χ0) is 8.39. The van der Waals surface area contributed by atoms with Crippen LogP contribution in [0.15, 0.2) is 30.3 Å². The van der Waals surface area contributed by atoms with E-state index in [-0.39, 0.29) is 6.04 Å². The van der Waals surface area contributed by atoms with E-state index in [1.165, 1.54) is 5.56 Å². The van der Waals surface area contributed by atoms with Crippen LogP contribution in [0.4, 0.5) is 0 Å². The van der Waals surface area contributed by atoms with Crippen LogP contribution in [0.2, 0.25) is 0 Å². The van der Waals surface area contributed by atoms with Crippen molar-refractivity contribution in [3.63, 3.8) is 0 Å². The summed E-state index contributed by atoms with van der Waals surface area (Å²) in [6.07, 6.45) is 1.37. The summed E-state index contributed by atoms with van der Waals surface area (Å²) in [5.41, 5.74) is 7.16. The van der Waals surface area contributed by atoms with Gasteiger partial charge in [0.15, 0.2) is 0 Å². The highest BCUT2D eigenvalue weighted by atomic mass is 16.6. The summed E-state index contributed by atoms with van der Waals surface area (Å²) in [6.45, 7) is 0.889. The zero-order valence-corrected chi connectivity index (χ0v) is 6.94. The third-order valence-electron chi connectivity index (χ3n) is 2.15. The fourth-order valence-corrected chi connectivity index (χ4v) is 1.32. The Bertz CT molecular complexity index is 243. The minimum absolute atomic E-state index is 0.138. The fourth-order valence-electron chi connectivity index (χ4n) is 1.32. The number of benzene rings is 1. The monoisotopic (exact) mass is 163 g/mol. The van der Waals surface area contributed by atoms with Gasteiger partial charge in [0, 0.05) is 6.04 Å². The van der Waals surface area contributed by atoms with Crippen LogP contribution in [-0.4, -0.2) is 12.7 Å². The lowest BCUT2D eigenvalue weighted by molar-refractivity contribution is 0.382. The minimum Gasteiger partial charge on any atom is -0.373 e. The van der Waals surface area contributed by atoms with Crippen LogP contribution < -0.4 is 5.73 Å². The second-order valence-electron chi connectivity index (χ2n) is 3.21. The van der Waals surface area contributed by atoms with Crippen molar-refractivity contribution in [2.45, 2.75) is 18.6 Å². The molecule has 0 spiro atoms. The van der Waals surface area contributed by atoms with E-state index >= 15 is 0 Å². The van der Waals surface area contributed by atoms with Gasteiger partial charge in [-0.05, 0) is 12.0 Å². The molecule has 1 aliphatic rings. The first-order valence-electron chi connectivity index (χ1n) is 4.28. The number of rotatable bonds is 3. The quantitative estimate of drug-likeness (QED) is 0.685. The van der Waals surface area contributed by atoms with Gasteiger partial charge in [-0.15, -0.1) is 0 Å². The lowest BCUT2D eigenvalue weighted by atomic mass is 10.0. The summed E-state index contributed by atoms with van der Waals surface area (Å²) in [7, 11) is 0. The maximum atomic E-state index is 5.96. The Kier molecular flexibility index (Phi) is 2.11. The molecule has 2 rings (SSSR count). The molecule has 1 heterocycles. The molecule has 1 aromatic carbocycles. The average molecular weight is 163 g/mol. The topological polar surface area (TPSA) is 38.5 Å². The Balaban J connectivity index is 1.98.